The van der Waals surface area contributed by atoms with Crippen LogP contribution in [-0.2, 0) is 5.41 Å². The van der Waals surface area contributed by atoms with Crippen LogP contribution in [0.2, 0.25) is 0 Å². The number of anilines is 2. The van der Waals surface area contributed by atoms with E-state index < -0.39 is 0 Å². The Bertz CT molecular complexity index is 917. The average molecular weight is 351 g/mol. The van der Waals surface area contributed by atoms with E-state index in [0.29, 0.717) is 0 Å². The summed E-state index contributed by atoms with van der Waals surface area (Å²) in [6, 6.07) is 6.18. The third-order valence-corrected chi connectivity index (χ3v) is 4.82. The van der Waals surface area contributed by atoms with Crippen LogP contribution in [0.5, 0.6) is 0 Å². The zero-order valence-corrected chi connectivity index (χ0v) is 15.8. The molecule has 1 aliphatic heterocycles. The van der Waals surface area contributed by atoms with E-state index in [1.54, 1.807) is 12.5 Å². The maximum absolute atomic E-state index is 4.53. The summed E-state index contributed by atoms with van der Waals surface area (Å²) in [4.78, 5) is 18.2. The van der Waals surface area contributed by atoms with Crippen LogP contribution >= 0.6 is 0 Å². The summed E-state index contributed by atoms with van der Waals surface area (Å²) in [5.74, 6) is 2.12. The maximum atomic E-state index is 4.53. The predicted octanol–water partition coefficient (Wildman–Crippen LogP) is 2.45. The summed E-state index contributed by atoms with van der Waals surface area (Å²) in [6.07, 6.45) is 3.48. The Kier molecular flexibility index (Phi) is 4.01. The number of aromatic nitrogens is 5. The molecule has 3 aromatic heterocycles. The zero-order valence-electron chi connectivity index (χ0n) is 15.8. The molecule has 1 fully saturated rings. The monoisotopic (exact) mass is 351 g/mol. The van der Waals surface area contributed by atoms with Crippen LogP contribution in [0.3, 0.4) is 0 Å². The van der Waals surface area contributed by atoms with Crippen molar-refractivity contribution in [2.24, 2.45) is 0 Å². The number of piperazine rings is 1. The lowest BCUT2D eigenvalue weighted by Gasteiger charge is -2.36. The fourth-order valence-electron chi connectivity index (χ4n) is 3.34. The van der Waals surface area contributed by atoms with Crippen LogP contribution < -0.4 is 9.80 Å². The topological polar surface area (TPSA) is 62.5 Å². The van der Waals surface area contributed by atoms with Crippen LogP contribution in [0.4, 0.5) is 11.6 Å². The molecule has 1 aliphatic rings. The van der Waals surface area contributed by atoms with Crippen LogP contribution in [0.25, 0.3) is 5.65 Å². The van der Waals surface area contributed by atoms with Gasteiger partial charge in [0.15, 0.2) is 5.65 Å². The van der Waals surface area contributed by atoms with E-state index in [9.17, 15) is 0 Å². The second kappa shape index (κ2) is 6.23. The molecule has 136 valence electrons. The van der Waals surface area contributed by atoms with E-state index in [0.717, 1.165) is 54.8 Å². The van der Waals surface area contributed by atoms with Crippen molar-refractivity contribution < 1.29 is 0 Å². The molecule has 0 atom stereocenters. The van der Waals surface area contributed by atoms with Gasteiger partial charge in [0.2, 0.25) is 0 Å². The first kappa shape index (κ1) is 16.8. The van der Waals surface area contributed by atoms with Gasteiger partial charge in [-0.2, -0.15) is 9.61 Å². The first-order valence-electron chi connectivity index (χ1n) is 9.06. The SMILES string of the molecule is Cc1cc(N2CCN(c3cc(C(C)(C)C)ncn3)CC2)n2nccc2n1. The van der Waals surface area contributed by atoms with Crippen LogP contribution in [0, 0.1) is 6.92 Å². The molecule has 4 rings (SSSR count). The van der Waals surface area contributed by atoms with Gasteiger partial charge in [-0.3, -0.25) is 0 Å². The second-order valence-electron chi connectivity index (χ2n) is 7.84. The van der Waals surface area contributed by atoms with Gasteiger partial charge in [0.05, 0.1) is 11.9 Å². The van der Waals surface area contributed by atoms with Gasteiger partial charge in [0, 0.05) is 55.5 Å². The number of hydrogen-bond acceptors (Lipinski definition) is 6. The van der Waals surface area contributed by atoms with Gasteiger partial charge in [-0.05, 0) is 6.92 Å². The predicted molar refractivity (Wildman–Crippen MR) is 103 cm³/mol. The van der Waals surface area contributed by atoms with Crippen LogP contribution in [0.1, 0.15) is 32.2 Å². The molecule has 1 saturated heterocycles. The highest BCUT2D eigenvalue weighted by molar-refractivity contribution is 5.52. The fraction of sp³-hybridized carbons (Fsp3) is 0.474. The molecule has 0 N–H and O–H groups in total. The standard InChI is InChI=1S/C19H25N7/c1-14-11-18(26-16(23-14)5-6-22-26)25-9-7-24(8-10-25)17-12-15(19(2,3)4)20-13-21-17/h5-6,11-13H,7-10H2,1-4H3. The molecule has 7 heteroatoms. The molecule has 3 aromatic rings. The molecule has 0 aliphatic carbocycles. The van der Waals surface area contributed by atoms with Crippen molar-refractivity contribution in [3.8, 4) is 0 Å². The Morgan fingerprint density at radius 1 is 0.962 bits per heavy atom. The fourth-order valence-corrected chi connectivity index (χ4v) is 3.34. The summed E-state index contributed by atoms with van der Waals surface area (Å²) in [6.45, 7) is 12.3. The number of aryl methyl sites for hydroxylation is 1. The largest absolute Gasteiger partial charge is 0.353 e. The van der Waals surface area contributed by atoms with Crippen molar-refractivity contribution in [3.05, 3.63) is 42.1 Å². The molecule has 0 saturated carbocycles. The minimum Gasteiger partial charge on any atom is -0.353 e. The summed E-state index contributed by atoms with van der Waals surface area (Å²) in [5.41, 5.74) is 3.02. The summed E-state index contributed by atoms with van der Waals surface area (Å²) in [5, 5.41) is 4.43. The lowest BCUT2D eigenvalue weighted by Crippen LogP contribution is -2.47. The normalized spacial score (nSPS) is 15.7. The lowest BCUT2D eigenvalue weighted by atomic mass is 9.92. The van der Waals surface area contributed by atoms with E-state index in [1.165, 1.54) is 0 Å². The Labute approximate surface area is 153 Å². The van der Waals surface area contributed by atoms with Crippen molar-refractivity contribution in [1.29, 1.82) is 0 Å². The summed E-state index contributed by atoms with van der Waals surface area (Å²) in [7, 11) is 0. The maximum Gasteiger partial charge on any atom is 0.157 e. The average Bonchev–Trinajstić information content (AvgIpc) is 3.09. The molecule has 0 bridgehead atoms. The molecular weight excluding hydrogens is 326 g/mol. The zero-order chi connectivity index (χ0) is 18.3. The van der Waals surface area contributed by atoms with Crippen molar-refractivity contribution in [1.82, 2.24) is 24.6 Å². The Morgan fingerprint density at radius 2 is 1.69 bits per heavy atom. The van der Waals surface area contributed by atoms with Gasteiger partial charge in [0.25, 0.3) is 0 Å². The van der Waals surface area contributed by atoms with Crippen LogP contribution in [-0.4, -0.2) is 50.7 Å². The Morgan fingerprint density at radius 3 is 2.42 bits per heavy atom. The second-order valence-corrected chi connectivity index (χ2v) is 7.84. The number of rotatable bonds is 2. The summed E-state index contributed by atoms with van der Waals surface area (Å²) >= 11 is 0. The number of nitrogens with zero attached hydrogens (tertiary/aromatic N) is 7. The van der Waals surface area contributed by atoms with E-state index in [-0.39, 0.29) is 5.41 Å². The summed E-state index contributed by atoms with van der Waals surface area (Å²) < 4.78 is 1.92. The van der Waals surface area contributed by atoms with Crippen LogP contribution in [0.15, 0.2) is 30.7 Å². The quantitative estimate of drug-likeness (QED) is 0.707. The highest BCUT2D eigenvalue weighted by Gasteiger charge is 2.23. The molecule has 0 amide bonds. The first-order chi connectivity index (χ1) is 12.4. The Hall–Kier alpha value is -2.70. The van der Waals surface area contributed by atoms with Gasteiger partial charge in [-0.25, -0.2) is 15.0 Å². The van der Waals surface area contributed by atoms with E-state index in [4.69, 9.17) is 0 Å². The lowest BCUT2D eigenvalue weighted by molar-refractivity contribution is 0.564. The highest BCUT2D eigenvalue weighted by atomic mass is 15.4. The van der Waals surface area contributed by atoms with Gasteiger partial charge < -0.3 is 9.80 Å². The number of fused-ring (bicyclic) bond motifs is 1. The van der Waals surface area contributed by atoms with Gasteiger partial charge in [0.1, 0.15) is 18.0 Å². The molecule has 7 nitrogen and oxygen atoms in total. The van der Waals surface area contributed by atoms with Crippen molar-refractivity contribution in [2.75, 3.05) is 36.0 Å². The molecule has 0 unspecified atom stereocenters. The first-order valence-corrected chi connectivity index (χ1v) is 9.06. The smallest absolute Gasteiger partial charge is 0.157 e. The third-order valence-electron chi connectivity index (χ3n) is 4.82. The van der Waals surface area contributed by atoms with E-state index in [1.807, 2.05) is 17.5 Å². The molecule has 4 heterocycles. The van der Waals surface area contributed by atoms with Crippen molar-refractivity contribution in [2.45, 2.75) is 33.1 Å². The van der Waals surface area contributed by atoms with Gasteiger partial charge >= 0.3 is 0 Å². The van der Waals surface area contributed by atoms with Crippen molar-refractivity contribution >= 4 is 17.3 Å². The minimum absolute atomic E-state index is 0.0276. The molecule has 0 radical (unpaired) electrons. The minimum atomic E-state index is 0.0276. The molecular formula is C19H25N7. The molecule has 26 heavy (non-hydrogen) atoms. The number of hydrogen-bond donors (Lipinski definition) is 0. The van der Waals surface area contributed by atoms with E-state index >= 15 is 0 Å². The highest BCUT2D eigenvalue weighted by Crippen LogP contribution is 2.24. The van der Waals surface area contributed by atoms with Gasteiger partial charge in [-0.15, -0.1) is 0 Å². The van der Waals surface area contributed by atoms with Crippen molar-refractivity contribution in [3.63, 3.8) is 0 Å². The molecule has 0 spiro atoms. The van der Waals surface area contributed by atoms with Gasteiger partial charge in [-0.1, -0.05) is 20.8 Å². The Balaban J connectivity index is 1.53. The van der Waals surface area contributed by atoms with E-state index in [2.05, 4.69) is 62.8 Å². The third kappa shape index (κ3) is 3.09. The molecule has 0 aromatic carbocycles.